The Bertz CT molecular complexity index is 404. The fraction of sp³-hybridized carbons (Fsp3) is 0.647. The van der Waals surface area contributed by atoms with Crippen molar-refractivity contribution in [2.24, 2.45) is 5.92 Å². The Labute approximate surface area is 133 Å². The van der Waals surface area contributed by atoms with Gasteiger partial charge in [-0.05, 0) is 36.5 Å². The van der Waals surface area contributed by atoms with E-state index in [9.17, 15) is 0 Å². The number of nitrogens with one attached hydrogen (secondary N) is 1. The van der Waals surface area contributed by atoms with Crippen LogP contribution in [-0.2, 0) is 9.47 Å². The van der Waals surface area contributed by atoms with E-state index < -0.39 is 0 Å². The monoisotopic (exact) mass is 311 g/mol. The van der Waals surface area contributed by atoms with E-state index in [1.54, 1.807) is 0 Å². The molecule has 0 spiro atoms. The Morgan fingerprint density at radius 3 is 2.52 bits per heavy atom. The summed E-state index contributed by atoms with van der Waals surface area (Å²) in [4.78, 5) is 0. The van der Waals surface area contributed by atoms with Crippen LogP contribution >= 0.6 is 11.6 Å². The number of hydrogen-bond acceptors (Lipinski definition) is 3. The molecule has 1 aliphatic carbocycles. The van der Waals surface area contributed by atoms with Crippen LogP contribution in [0.1, 0.15) is 38.4 Å². The molecule has 1 unspecified atom stereocenters. The van der Waals surface area contributed by atoms with Crippen LogP contribution < -0.4 is 5.32 Å². The largest absolute Gasteiger partial charge is 0.379 e. The molecule has 1 atom stereocenters. The van der Waals surface area contributed by atoms with Gasteiger partial charge in [-0.3, -0.25) is 0 Å². The Kier molecular flexibility index (Phi) is 6.97. The normalized spacial score (nSPS) is 16.4. The number of rotatable bonds is 10. The topological polar surface area (TPSA) is 30.5 Å². The van der Waals surface area contributed by atoms with E-state index in [4.69, 9.17) is 21.1 Å². The second kappa shape index (κ2) is 8.74. The first kappa shape index (κ1) is 16.8. The van der Waals surface area contributed by atoms with Gasteiger partial charge < -0.3 is 14.8 Å². The van der Waals surface area contributed by atoms with Gasteiger partial charge in [0.25, 0.3) is 0 Å². The average Bonchev–Trinajstić information content (AvgIpc) is 3.27. The fourth-order valence-corrected chi connectivity index (χ4v) is 2.21. The van der Waals surface area contributed by atoms with Gasteiger partial charge in [0.2, 0.25) is 0 Å². The van der Waals surface area contributed by atoms with Crippen molar-refractivity contribution in [1.29, 1.82) is 0 Å². The van der Waals surface area contributed by atoms with Crippen molar-refractivity contribution >= 4 is 11.6 Å². The van der Waals surface area contributed by atoms with Gasteiger partial charge in [0.05, 0.1) is 19.3 Å². The van der Waals surface area contributed by atoms with Gasteiger partial charge in [0, 0.05) is 24.2 Å². The van der Waals surface area contributed by atoms with Crippen LogP contribution in [0, 0.1) is 5.92 Å². The molecule has 0 radical (unpaired) electrons. The Hall–Kier alpha value is -0.610. The first-order valence-electron chi connectivity index (χ1n) is 7.83. The third kappa shape index (κ3) is 6.79. The highest BCUT2D eigenvalue weighted by molar-refractivity contribution is 6.30. The van der Waals surface area contributed by atoms with Gasteiger partial charge in [-0.1, -0.05) is 37.6 Å². The minimum Gasteiger partial charge on any atom is -0.379 e. The summed E-state index contributed by atoms with van der Waals surface area (Å²) < 4.78 is 11.6. The molecule has 0 heterocycles. The molecule has 0 saturated heterocycles. The van der Waals surface area contributed by atoms with E-state index in [-0.39, 0.29) is 6.10 Å². The van der Waals surface area contributed by atoms with E-state index in [1.165, 1.54) is 12.8 Å². The second-order valence-electron chi connectivity index (χ2n) is 6.06. The summed E-state index contributed by atoms with van der Waals surface area (Å²) in [5, 5.41) is 4.29. The Morgan fingerprint density at radius 2 is 1.90 bits per heavy atom. The molecule has 0 aliphatic heterocycles. The maximum absolute atomic E-state index is 6.00. The molecule has 1 N–H and O–H groups in total. The highest BCUT2D eigenvalue weighted by Gasteiger charge is 2.22. The Morgan fingerprint density at radius 1 is 1.19 bits per heavy atom. The lowest BCUT2D eigenvalue weighted by atomic mass is 10.1. The highest BCUT2D eigenvalue weighted by atomic mass is 35.5. The van der Waals surface area contributed by atoms with Gasteiger partial charge >= 0.3 is 0 Å². The molecular weight excluding hydrogens is 286 g/mol. The molecule has 1 fully saturated rings. The minimum atomic E-state index is 0.0607. The van der Waals surface area contributed by atoms with E-state index >= 15 is 0 Å². The van der Waals surface area contributed by atoms with Crippen molar-refractivity contribution < 1.29 is 9.47 Å². The predicted octanol–water partition coefficient (Wildman–Crippen LogP) is 3.82. The minimum absolute atomic E-state index is 0.0607. The van der Waals surface area contributed by atoms with Crippen LogP contribution in [0.25, 0.3) is 0 Å². The lowest BCUT2D eigenvalue weighted by Crippen LogP contribution is -2.26. The standard InChI is InChI=1S/C17H26ClNO2/c1-13(2)12-20-9-10-21-17(11-19-16-7-8-16)14-3-5-15(18)6-4-14/h3-6,13,16-17,19H,7-12H2,1-2H3. The molecule has 118 valence electrons. The van der Waals surface area contributed by atoms with E-state index in [2.05, 4.69) is 19.2 Å². The SMILES string of the molecule is CC(C)COCCOC(CNC1CC1)c1ccc(Cl)cc1. The molecule has 1 aromatic rings. The van der Waals surface area contributed by atoms with Crippen LogP contribution in [-0.4, -0.2) is 32.4 Å². The molecule has 0 bridgehead atoms. The van der Waals surface area contributed by atoms with E-state index in [0.29, 0.717) is 25.2 Å². The highest BCUT2D eigenvalue weighted by Crippen LogP contribution is 2.23. The molecular formula is C17H26ClNO2. The van der Waals surface area contributed by atoms with Crippen molar-refractivity contribution in [3.05, 3.63) is 34.9 Å². The van der Waals surface area contributed by atoms with Gasteiger partial charge in [-0.25, -0.2) is 0 Å². The van der Waals surface area contributed by atoms with Gasteiger partial charge in [-0.15, -0.1) is 0 Å². The molecule has 0 aromatic heterocycles. The van der Waals surface area contributed by atoms with Crippen molar-refractivity contribution in [3.63, 3.8) is 0 Å². The molecule has 21 heavy (non-hydrogen) atoms. The fourth-order valence-electron chi connectivity index (χ4n) is 2.08. The first-order valence-corrected chi connectivity index (χ1v) is 8.21. The van der Waals surface area contributed by atoms with Gasteiger partial charge in [0.1, 0.15) is 0 Å². The maximum Gasteiger partial charge on any atom is 0.0950 e. The molecule has 0 amide bonds. The third-order valence-corrected chi connectivity index (χ3v) is 3.66. The summed E-state index contributed by atoms with van der Waals surface area (Å²) in [7, 11) is 0. The lowest BCUT2D eigenvalue weighted by molar-refractivity contribution is -0.00143. The number of hydrogen-bond donors (Lipinski definition) is 1. The van der Waals surface area contributed by atoms with Gasteiger partial charge in [0.15, 0.2) is 0 Å². The molecule has 3 nitrogen and oxygen atoms in total. The lowest BCUT2D eigenvalue weighted by Gasteiger charge is -2.19. The van der Waals surface area contributed by atoms with E-state index in [1.807, 2.05) is 24.3 Å². The Balaban J connectivity index is 1.78. The van der Waals surface area contributed by atoms with Crippen LogP contribution in [0.3, 0.4) is 0 Å². The summed E-state index contributed by atoms with van der Waals surface area (Å²) in [6.45, 7) is 7.19. The number of halogens is 1. The number of ether oxygens (including phenoxy) is 2. The van der Waals surface area contributed by atoms with Crippen molar-refractivity contribution in [2.45, 2.75) is 38.8 Å². The quantitative estimate of drug-likeness (QED) is 0.666. The van der Waals surface area contributed by atoms with Crippen LogP contribution in [0.4, 0.5) is 0 Å². The number of benzene rings is 1. The zero-order chi connectivity index (χ0) is 15.1. The van der Waals surface area contributed by atoms with Crippen molar-refractivity contribution in [2.75, 3.05) is 26.4 Å². The molecule has 1 aliphatic rings. The first-order chi connectivity index (χ1) is 10.1. The average molecular weight is 312 g/mol. The van der Waals surface area contributed by atoms with E-state index in [0.717, 1.165) is 23.7 Å². The second-order valence-corrected chi connectivity index (χ2v) is 6.50. The summed E-state index contributed by atoms with van der Waals surface area (Å²) in [6, 6.07) is 8.59. The van der Waals surface area contributed by atoms with Crippen LogP contribution in [0.2, 0.25) is 5.02 Å². The summed E-state index contributed by atoms with van der Waals surface area (Å²) in [5.41, 5.74) is 1.16. The summed E-state index contributed by atoms with van der Waals surface area (Å²) in [6.07, 6.45) is 2.63. The van der Waals surface area contributed by atoms with Gasteiger partial charge in [-0.2, -0.15) is 0 Å². The molecule has 1 saturated carbocycles. The summed E-state index contributed by atoms with van der Waals surface area (Å²) in [5.74, 6) is 0.564. The zero-order valence-electron chi connectivity index (χ0n) is 13.0. The van der Waals surface area contributed by atoms with Crippen LogP contribution in [0.5, 0.6) is 0 Å². The predicted molar refractivity (Wildman–Crippen MR) is 86.8 cm³/mol. The molecule has 1 aromatic carbocycles. The molecule has 2 rings (SSSR count). The van der Waals surface area contributed by atoms with Crippen LogP contribution in [0.15, 0.2) is 24.3 Å². The van der Waals surface area contributed by atoms with Crippen molar-refractivity contribution in [1.82, 2.24) is 5.32 Å². The third-order valence-electron chi connectivity index (χ3n) is 3.41. The smallest absolute Gasteiger partial charge is 0.0950 e. The zero-order valence-corrected chi connectivity index (χ0v) is 13.7. The summed E-state index contributed by atoms with van der Waals surface area (Å²) >= 11 is 5.95. The maximum atomic E-state index is 6.00. The van der Waals surface area contributed by atoms with Crippen molar-refractivity contribution in [3.8, 4) is 0 Å². The molecule has 4 heteroatoms.